The minimum Gasteiger partial charge on any atom is -0.457 e. The van der Waals surface area contributed by atoms with Crippen LogP contribution in [0.25, 0.3) is 0 Å². The van der Waals surface area contributed by atoms with Crippen LogP contribution in [0.5, 0.6) is 0 Å². The predicted octanol–water partition coefficient (Wildman–Crippen LogP) is 2.38. The number of benzene rings is 2. The summed E-state index contributed by atoms with van der Waals surface area (Å²) in [7, 11) is 0. The number of esters is 1. The minimum atomic E-state index is -0.361. The Bertz CT molecular complexity index is 527. The van der Waals surface area contributed by atoms with Gasteiger partial charge < -0.3 is 10.5 Å². The summed E-state index contributed by atoms with van der Waals surface area (Å²) in [6.07, 6.45) is -0.244. The number of ether oxygens (including phenoxy) is 1. The first kappa shape index (κ1) is 15.3. The summed E-state index contributed by atoms with van der Waals surface area (Å²) >= 11 is 0. The van der Waals surface area contributed by atoms with E-state index in [0.717, 1.165) is 11.1 Å². The molecule has 0 heterocycles. The van der Waals surface area contributed by atoms with E-state index < -0.39 is 0 Å². The van der Waals surface area contributed by atoms with Gasteiger partial charge in [0.1, 0.15) is 6.10 Å². The van der Waals surface area contributed by atoms with E-state index in [1.165, 1.54) is 0 Å². The first-order chi connectivity index (χ1) is 10.1. The Morgan fingerprint density at radius 3 is 1.71 bits per heavy atom. The molecule has 0 aliphatic heterocycles. The Labute approximate surface area is 125 Å². The highest BCUT2D eigenvalue weighted by molar-refractivity contribution is 5.73. The van der Waals surface area contributed by atoms with Crippen molar-refractivity contribution in [3.63, 3.8) is 0 Å². The van der Waals surface area contributed by atoms with E-state index >= 15 is 0 Å². The zero-order valence-electron chi connectivity index (χ0n) is 12.5. The van der Waals surface area contributed by atoms with Gasteiger partial charge >= 0.3 is 5.97 Å². The van der Waals surface area contributed by atoms with Crippen LogP contribution in [0.3, 0.4) is 0 Å². The van der Waals surface area contributed by atoms with Crippen LogP contribution in [0, 0.1) is 0 Å². The summed E-state index contributed by atoms with van der Waals surface area (Å²) in [5, 5.41) is 0. The van der Waals surface area contributed by atoms with Gasteiger partial charge in [-0.2, -0.15) is 0 Å². The summed E-state index contributed by atoms with van der Waals surface area (Å²) in [5.41, 5.74) is 6.00. The number of hydrogen-bond acceptors (Lipinski definition) is 2. The quantitative estimate of drug-likeness (QED) is 0.857. The number of hydrogen-bond donors (Lipinski definition) is 1. The maximum absolute atomic E-state index is 11.8. The van der Waals surface area contributed by atoms with Gasteiger partial charge in [0.2, 0.25) is 0 Å². The van der Waals surface area contributed by atoms with Crippen LogP contribution >= 0.6 is 0 Å². The highest BCUT2D eigenvalue weighted by Gasteiger charge is 2.26. The van der Waals surface area contributed by atoms with Crippen LogP contribution in [0.2, 0.25) is 0 Å². The molecule has 0 unspecified atom stereocenters. The number of quaternary nitrogens is 1. The van der Waals surface area contributed by atoms with E-state index in [1.807, 2.05) is 43.3 Å². The second kappa shape index (κ2) is 7.04. The lowest BCUT2D eigenvalue weighted by molar-refractivity contribution is -0.403. The Morgan fingerprint density at radius 1 is 0.905 bits per heavy atom. The highest BCUT2D eigenvalue weighted by Crippen LogP contribution is 2.29. The van der Waals surface area contributed by atoms with Crippen LogP contribution in [0.4, 0.5) is 0 Å². The van der Waals surface area contributed by atoms with E-state index in [4.69, 9.17) is 4.74 Å². The number of carbonyl (C=O) groups excluding carboxylic acids is 1. The molecule has 0 aliphatic rings. The molecular formula is C18H22NO2+. The molecule has 3 N–H and O–H groups in total. The van der Waals surface area contributed by atoms with E-state index in [0.29, 0.717) is 0 Å². The fraction of sp³-hybridized carbons (Fsp3) is 0.278. The van der Waals surface area contributed by atoms with Gasteiger partial charge in [-0.05, 0) is 25.0 Å². The Balaban J connectivity index is 2.31. The third-order valence-electron chi connectivity index (χ3n) is 3.49. The predicted molar refractivity (Wildman–Crippen MR) is 82.6 cm³/mol. The summed E-state index contributed by atoms with van der Waals surface area (Å²) in [6, 6.07) is 19.9. The molecule has 2 atom stereocenters. The lowest BCUT2D eigenvalue weighted by Crippen LogP contribution is -2.63. The van der Waals surface area contributed by atoms with Gasteiger partial charge in [0.25, 0.3) is 0 Å². The Kier molecular flexibility index (Phi) is 5.12. The first-order valence-corrected chi connectivity index (χ1v) is 7.23. The van der Waals surface area contributed by atoms with Crippen LogP contribution in [0.15, 0.2) is 60.7 Å². The Hall–Kier alpha value is -2.13. The lowest BCUT2D eigenvalue weighted by atomic mass is 9.87. The molecular weight excluding hydrogens is 262 g/mol. The third-order valence-corrected chi connectivity index (χ3v) is 3.49. The van der Waals surface area contributed by atoms with Crippen LogP contribution in [-0.4, -0.2) is 18.1 Å². The van der Waals surface area contributed by atoms with Crippen molar-refractivity contribution < 1.29 is 15.3 Å². The standard InChI is InChI=1S/C18H21NO2/c1-13(19)18(20)21-14(2)17(15-9-5-3-6-10-15)16-11-7-4-8-12-16/h3-14,17H,19H2,1-2H3/p+1/t13-,14-/m0/s1. The van der Waals surface area contributed by atoms with Crippen molar-refractivity contribution in [3.05, 3.63) is 71.8 Å². The van der Waals surface area contributed by atoms with Crippen molar-refractivity contribution in [1.29, 1.82) is 0 Å². The lowest BCUT2D eigenvalue weighted by Gasteiger charge is -2.25. The molecule has 0 radical (unpaired) electrons. The van der Waals surface area contributed by atoms with Crippen molar-refractivity contribution >= 4 is 5.97 Å². The topological polar surface area (TPSA) is 53.9 Å². The van der Waals surface area contributed by atoms with Gasteiger partial charge in [-0.25, -0.2) is 4.79 Å². The maximum Gasteiger partial charge on any atom is 0.364 e. The van der Waals surface area contributed by atoms with Crippen molar-refractivity contribution in [2.24, 2.45) is 0 Å². The summed E-state index contributed by atoms with van der Waals surface area (Å²) in [5.74, 6) is -0.241. The summed E-state index contributed by atoms with van der Waals surface area (Å²) in [6.45, 7) is 3.68. The van der Waals surface area contributed by atoms with E-state index in [1.54, 1.807) is 6.92 Å². The summed E-state index contributed by atoms with van der Waals surface area (Å²) in [4.78, 5) is 11.8. The van der Waals surface area contributed by atoms with Crippen LogP contribution < -0.4 is 5.73 Å². The van der Waals surface area contributed by atoms with Crippen LogP contribution in [0.1, 0.15) is 30.9 Å². The smallest absolute Gasteiger partial charge is 0.364 e. The molecule has 0 amide bonds. The monoisotopic (exact) mass is 284 g/mol. The molecule has 0 aromatic heterocycles. The second-order valence-corrected chi connectivity index (χ2v) is 5.34. The average molecular weight is 284 g/mol. The SMILES string of the molecule is C[C@H]([NH3+])C(=O)O[C@@H](C)C(c1ccccc1)c1ccccc1. The molecule has 0 spiro atoms. The molecule has 21 heavy (non-hydrogen) atoms. The molecule has 0 saturated heterocycles. The van der Waals surface area contributed by atoms with Gasteiger partial charge in [0, 0.05) is 5.92 Å². The van der Waals surface area contributed by atoms with E-state index in [-0.39, 0.29) is 24.0 Å². The van der Waals surface area contributed by atoms with Crippen molar-refractivity contribution in [3.8, 4) is 0 Å². The molecule has 0 saturated carbocycles. The number of rotatable bonds is 5. The van der Waals surface area contributed by atoms with Crippen molar-refractivity contribution in [2.75, 3.05) is 0 Å². The molecule has 0 bridgehead atoms. The molecule has 0 fully saturated rings. The van der Waals surface area contributed by atoms with Crippen LogP contribution in [-0.2, 0) is 9.53 Å². The van der Waals surface area contributed by atoms with Crippen molar-refractivity contribution in [1.82, 2.24) is 0 Å². The largest absolute Gasteiger partial charge is 0.457 e. The highest BCUT2D eigenvalue weighted by atomic mass is 16.5. The summed E-state index contributed by atoms with van der Waals surface area (Å²) < 4.78 is 5.58. The molecule has 3 nitrogen and oxygen atoms in total. The molecule has 0 aliphatic carbocycles. The van der Waals surface area contributed by atoms with E-state index in [2.05, 4.69) is 30.0 Å². The molecule has 2 aromatic carbocycles. The van der Waals surface area contributed by atoms with Gasteiger partial charge in [-0.3, -0.25) is 0 Å². The third kappa shape index (κ3) is 3.92. The Morgan fingerprint density at radius 2 is 1.33 bits per heavy atom. The van der Waals surface area contributed by atoms with E-state index in [9.17, 15) is 4.79 Å². The van der Waals surface area contributed by atoms with Gasteiger partial charge in [-0.15, -0.1) is 0 Å². The van der Waals surface area contributed by atoms with Crippen molar-refractivity contribution in [2.45, 2.75) is 31.9 Å². The molecule has 2 rings (SSSR count). The molecule has 110 valence electrons. The minimum absolute atomic E-state index is 0.0232. The number of carbonyl (C=O) groups is 1. The molecule has 2 aromatic rings. The van der Waals surface area contributed by atoms with Gasteiger partial charge in [0.05, 0.1) is 0 Å². The zero-order valence-corrected chi connectivity index (χ0v) is 12.5. The maximum atomic E-state index is 11.8. The second-order valence-electron chi connectivity index (χ2n) is 5.34. The molecule has 3 heteroatoms. The van der Waals surface area contributed by atoms with Gasteiger partial charge in [0.15, 0.2) is 6.04 Å². The zero-order chi connectivity index (χ0) is 15.2. The fourth-order valence-electron chi connectivity index (χ4n) is 2.42. The average Bonchev–Trinajstić information content (AvgIpc) is 2.49. The fourth-order valence-corrected chi connectivity index (χ4v) is 2.42. The first-order valence-electron chi connectivity index (χ1n) is 7.23. The normalized spacial score (nSPS) is 13.7. The van der Waals surface area contributed by atoms with Gasteiger partial charge in [-0.1, -0.05) is 60.7 Å².